The van der Waals surface area contributed by atoms with E-state index in [1.807, 2.05) is 0 Å². The second kappa shape index (κ2) is 11.9. The number of aromatic nitrogens is 1. The van der Waals surface area contributed by atoms with Crippen molar-refractivity contribution in [2.45, 2.75) is 26.7 Å². The molecule has 178 valence electrons. The molecule has 0 atom stereocenters. The van der Waals surface area contributed by atoms with Crippen molar-refractivity contribution in [2.24, 2.45) is 0 Å². The van der Waals surface area contributed by atoms with Gasteiger partial charge in [-0.1, -0.05) is 25.5 Å². The van der Waals surface area contributed by atoms with Gasteiger partial charge in [0.15, 0.2) is 5.13 Å². The van der Waals surface area contributed by atoms with E-state index >= 15 is 0 Å². The molecule has 2 aromatic carbocycles. The highest BCUT2D eigenvalue weighted by atomic mass is 32.1. The lowest BCUT2D eigenvalue weighted by atomic mass is 10.2. The van der Waals surface area contributed by atoms with E-state index in [0.29, 0.717) is 34.6 Å². The Morgan fingerprint density at radius 2 is 2.03 bits per heavy atom. The van der Waals surface area contributed by atoms with Crippen LogP contribution in [0.15, 0.2) is 53.9 Å². The van der Waals surface area contributed by atoms with Gasteiger partial charge in [0.05, 0.1) is 30.8 Å². The van der Waals surface area contributed by atoms with Crippen molar-refractivity contribution in [3.63, 3.8) is 0 Å². The molecule has 9 heteroatoms. The molecule has 1 N–H and O–H groups in total. The third kappa shape index (κ3) is 6.41. The highest BCUT2D eigenvalue weighted by Gasteiger charge is 2.20. The molecule has 0 saturated carbocycles. The van der Waals surface area contributed by atoms with Crippen molar-refractivity contribution >= 4 is 45.7 Å². The van der Waals surface area contributed by atoms with Gasteiger partial charge in [0.25, 0.3) is 0 Å². The van der Waals surface area contributed by atoms with Crippen LogP contribution in [-0.2, 0) is 9.59 Å². The summed E-state index contributed by atoms with van der Waals surface area (Å²) in [6, 6.07) is 11.2. The van der Waals surface area contributed by atoms with Crippen molar-refractivity contribution in [3.8, 4) is 11.5 Å². The van der Waals surface area contributed by atoms with Gasteiger partial charge in [-0.2, -0.15) is 0 Å². The Hall–Kier alpha value is -3.72. The van der Waals surface area contributed by atoms with Crippen LogP contribution in [0.5, 0.6) is 11.5 Å². The highest BCUT2D eigenvalue weighted by molar-refractivity contribution is 7.14. The standard InChI is InChI=1S/C25H26FN3O4S/c1-4-5-14-33-23-12-11-19(32-3)15-21(23)28-24(31)13-10-18-16-34-25(27-18)29(17(2)30)22-9-7-6-8-20(22)26/h6-13,15-16H,4-5,14H2,1-3H3,(H,28,31)/b13-10+. The number of rotatable bonds is 10. The van der Waals surface area contributed by atoms with Gasteiger partial charge in [0.1, 0.15) is 17.3 Å². The summed E-state index contributed by atoms with van der Waals surface area (Å²) >= 11 is 1.17. The van der Waals surface area contributed by atoms with Crippen LogP contribution in [0.25, 0.3) is 6.08 Å². The van der Waals surface area contributed by atoms with E-state index in [-0.39, 0.29) is 17.5 Å². The number of anilines is 3. The first-order valence-corrected chi connectivity index (χ1v) is 11.6. The van der Waals surface area contributed by atoms with Crippen molar-refractivity contribution in [1.29, 1.82) is 0 Å². The van der Waals surface area contributed by atoms with E-state index in [0.717, 1.165) is 12.8 Å². The molecule has 2 amide bonds. The summed E-state index contributed by atoms with van der Waals surface area (Å²) in [4.78, 5) is 30.3. The molecule has 0 spiro atoms. The molecule has 3 rings (SSSR count). The average molecular weight is 484 g/mol. The van der Waals surface area contributed by atoms with E-state index in [1.165, 1.54) is 47.4 Å². The zero-order valence-electron chi connectivity index (χ0n) is 19.2. The Kier molecular flexibility index (Phi) is 8.75. The number of unbranched alkanes of at least 4 members (excludes halogenated alkanes) is 1. The third-order valence-corrected chi connectivity index (χ3v) is 5.56. The van der Waals surface area contributed by atoms with Crippen LogP contribution in [0.2, 0.25) is 0 Å². The summed E-state index contributed by atoms with van der Waals surface area (Å²) in [5.74, 6) is -0.153. The summed E-state index contributed by atoms with van der Waals surface area (Å²) in [6.45, 7) is 3.95. The number of hydrogen-bond donors (Lipinski definition) is 1. The van der Waals surface area contributed by atoms with Crippen LogP contribution < -0.4 is 19.7 Å². The van der Waals surface area contributed by atoms with Crippen LogP contribution in [0, 0.1) is 5.82 Å². The smallest absolute Gasteiger partial charge is 0.248 e. The summed E-state index contributed by atoms with van der Waals surface area (Å²) in [6.07, 6.45) is 4.74. The topological polar surface area (TPSA) is 80.8 Å². The van der Waals surface area contributed by atoms with Crippen molar-refractivity contribution in [2.75, 3.05) is 23.9 Å². The van der Waals surface area contributed by atoms with Crippen LogP contribution in [0.4, 0.5) is 20.9 Å². The van der Waals surface area contributed by atoms with Gasteiger partial charge >= 0.3 is 0 Å². The second-order valence-corrected chi connectivity index (χ2v) is 8.08. The van der Waals surface area contributed by atoms with Gasteiger partial charge in [-0.15, -0.1) is 11.3 Å². The number of ether oxygens (including phenoxy) is 2. The maximum absolute atomic E-state index is 14.2. The molecule has 34 heavy (non-hydrogen) atoms. The summed E-state index contributed by atoms with van der Waals surface area (Å²) < 4.78 is 25.2. The summed E-state index contributed by atoms with van der Waals surface area (Å²) in [7, 11) is 1.55. The Morgan fingerprint density at radius 1 is 1.24 bits per heavy atom. The number of para-hydroxylation sites is 1. The minimum atomic E-state index is -0.528. The zero-order valence-corrected chi connectivity index (χ0v) is 20.0. The fourth-order valence-corrected chi connectivity index (χ4v) is 3.87. The number of carbonyl (C=O) groups is 2. The van der Waals surface area contributed by atoms with Crippen molar-refractivity contribution in [3.05, 3.63) is 65.4 Å². The van der Waals surface area contributed by atoms with Gasteiger partial charge < -0.3 is 14.8 Å². The lowest BCUT2D eigenvalue weighted by molar-refractivity contribution is -0.116. The molecule has 0 unspecified atom stereocenters. The molecule has 7 nitrogen and oxygen atoms in total. The largest absolute Gasteiger partial charge is 0.497 e. The number of methoxy groups -OCH3 is 1. The molecule has 3 aromatic rings. The summed E-state index contributed by atoms with van der Waals surface area (Å²) in [5.41, 5.74) is 1.07. The van der Waals surface area contributed by atoms with Gasteiger partial charge in [-0.25, -0.2) is 9.37 Å². The van der Waals surface area contributed by atoms with Crippen LogP contribution in [0.3, 0.4) is 0 Å². The zero-order chi connectivity index (χ0) is 24.5. The molecule has 0 aliphatic carbocycles. The van der Waals surface area contributed by atoms with Gasteiger partial charge in [0.2, 0.25) is 11.8 Å². The SMILES string of the molecule is CCCCOc1ccc(OC)cc1NC(=O)/C=C/c1csc(N(C(C)=O)c2ccccc2F)n1. The van der Waals surface area contributed by atoms with E-state index in [4.69, 9.17) is 9.47 Å². The average Bonchev–Trinajstić information content (AvgIpc) is 3.28. The molecule has 1 aromatic heterocycles. The predicted molar refractivity (Wildman–Crippen MR) is 132 cm³/mol. The van der Waals surface area contributed by atoms with Crippen molar-refractivity contribution < 1.29 is 23.5 Å². The molecule has 1 heterocycles. The normalized spacial score (nSPS) is 10.8. The molecule has 0 fully saturated rings. The maximum Gasteiger partial charge on any atom is 0.248 e. The second-order valence-electron chi connectivity index (χ2n) is 7.25. The first kappa shape index (κ1) is 24.9. The first-order valence-electron chi connectivity index (χ1n) is 10.7. The Balaban J connectivity index is 1.74. The molecule has 0 bridgehead atoms. The first-order chi connectivity index (χ1) is 16.4. The maximum atomic E-state index is 14.2. The fourth-order valence-electron chi connectivity index (χ4n) is 3.02. The number of thiazole rings is 1. The fraction of sp³-hybridized carbons (Fsp3) is 0.240. The highest BCUT2D eigenvalue weighted by Crippen LogP contribution is 2.31. The van der Waals surface area contributed by atoms with Crippen molar-refractivity contribution in [1.82, 2.24) is 4.98 Å². The Morgan fingerprint density at radius 3 is 2.74 bits per heavy atom. The molecule has 0 saturated heterocycles. The molecular formula is C25H26FN3O4S. The number of halogens is 1. The molecule has 0 radical (unpaired) electrons. The molecular weight excluding hydrogens is 457 g/mol. The molecule has 0 aliphatic rings. The quantitative estimate of drug-likeness (QED) is 0.291. The lowest BCUT2D eigenvalue weighted by Crippen LogP contribution is -2.23. The van der Waals surface area contributed by atoms with Crippen LogP contribution >= 0.6 is 11.3 Å². The number of benzene rings is 2. The monoisotopic (exact) mass is 483 g/mol. The van der Waals surface area contributed by atoms with E-state index in [9.17, 15) is 14.0 Å². The number of amides is 2. The van der Waals surface area contributed by atoms with Gasteiger partial charge in [-0.05, 0) is 36.8 Å². The molecule has 0 aliphatic heterocycles. The number of carbonyl (C=O) groups excluding carboxylic acids is 2. The number of hydrogen-bond acceptors (Lipinski definition) is 6. The lowest BCUT2D eigenvalue weighted by Gasteiger charge is -2.18. The third-order valence-electron chi connectivity index (χ3n) is 4.71. The van der Waals surface area contributed by atoms with Gasteiger partial charge in [0, 0.05) is 24.4 Å². The van der Waals surface area contributed by atoms with E-state index in [2.05, 4.69) is 17.2 Å². The minimum absolute atomic E-state index is 0.117. The Labute approximate surface area is 201 Å². The van der Waals surface area contributed by atoms with Crippen LogP contribution in [-0.4, -0.2) is 30.5 Å². The summed E-state index contributed by atoms with van der Waals surface area (Å²) in [5, 5.41) is 4.78. The van der Waals surface area contributed by atoms with Crippen LogP contribution in [0.1, 0.15) is 32.4 Å². The van der Waals surface area contributed by atoms with E-state index in [1.54, 1.807) is 42.8 Å². The predicted octanol–water partition coefficient (Wildman–Crippen LogP) is 5.81. The van der Waals surface area contributed by atoms with Gasteiger partial charge in [-0.3, -0.25) is 14.5 Å². The Bertz CT molecular complexity index is 1180. The number of nitrogens with zero attached hydrogens (tertiary/aromatic N) is 2. The minimum Gasteiger partial charge on any atom is -0.497 e. The van der Waals surface area contributed by atoms with E-state index < -0.39 is 5.82 Å². The number of nitrogens with one attached hydrogen (secondary N) is 1.